The minimum atomic E-state index is -0.197. The fourth-order valence-corrected chi connectivity index (χ4v) is 3.77. The van der Waals surface area contributed by atoms with Gasteiger partial charge in [-0.05, 0) is 37.1 Å². The second-order valence-corrected chi connectivity index (χ2v) is 7.09. The number of nitrogens with zero attached hydrogens (tertiary/aromatic N) is 2. The molecule has 1 aliphatic rings. The summed E-state index contributed by atoms with van der Waals surface area (Å²) in [4.78, 5) is 34.2. The van der Waals surface area contributed by atoms with Gasteiger partial charge >= 0.3 is 0 Å². The molecule has 0 radical (unpaired) electrons. The van der Waals surface area contributed by atoms with Gasteiger partial charge in [0.1, 0.15) is 0 Å². The van der Waals surface area contributed by atoms with Crippen LogP contribution in [0.25, 0.3) is 10.9 Å². The molecule has 1 aliphatic heterocycles. The van der Waals surface area contributed by atoms with Crippen molar-refractivity contribution in [1.29, 1.82) is 0 Å². The largest absolute Gasteiger partial charge is 0.361 e. The van der Waals surface area contributed by atoms with Crippen LogP contribution in [0, 0.1) is 5.92 Å². The predicted molar refractivity (Wildman–Crippen MR) is 97.7 cm³/mol. The summed E-state index contributed by atoms with van der Waals surface area (Å²) in [7, 11) is 0. The van der Waals surface area contributed by atoms with Crippen LogP contribution in [-0.2, 0) is 4.79 Å². The Bertz CT molecular complexity index is 903. The molecular formula is C18H18N4O2S. The highest BCUT2D eigenvalue weighted by molar-refractivity contribution is 7.13. The Balaban J connectivity index is 1.46. The van der Waals surface area contributed by atoms with Gasteiger partial charge in [0, 0.05) is 47.3 Å². The molecule has 7 heteroatoms. The highest BCUT2D eigenvalue weighted by atomic mass is 32.1. The lowest BCUT2D eigenvalue weighted by molar-refractivity contribution is -0.121. The number of hydrogen-bond acceptors (Lipinski definition) is 4. The summed E-state index contributed by atoms with van der Waals surface area (Å²) in [5, 5.41) is 6.28. The lowest BCUT2D eigenvalue weighted by Crippen LogP contribution is -2.43. The molecular weight excluding hydrogens is 336 g/mol. The number of H-pyrrole nitrogens is 1. The number of benzene rings is 1. The summed E-state index contributed by atoms with van der Waals surface area (Å²) in [6.45, 7) is 1.13. The van der Waals surface area contributed by atoms with Crippen LogP contribution in [-0.4, -0.2) is 39.8 Å². The summed E-state index contributed by atoms with van der Waals surface area (Å²) < 4.78 is 0. The van der Waals surface area contributed by atoms with Crippen molar-refractivity contribution in [3.63, 3.8) is 0 Å². The Labute approximate surface area is 148 Å². The number of carbonyl (C=O) groups is 2. The Morgan fingerprint density at radius 2 is 2.24 bits per heavy atom. The Hall–Kier alpha value is -2.67. The van der Waals surface area contributed by atoms with Crippen molar-refractivity contribution in [3.8, 4) is 0 Å². The number of anilines is 1. The maximum absolute atomic E-state index is 12.8. The fourth-order valence-electron chi connectivity index (χ4n) is 3.24. The molecule has 3 heterocycles. The lowest BCUT2D eigenvalue weighted by atomic mass is 9.96. The molecule has 4 rings (SSSR count). The van der Waals surface area contributed by atoms with Gasteiger partial charge in [0.25, 0.3) is 5.91 Å². The molecule has 3 aromatic rings. The van der Waals surface area contributed by atoms with Crippen LogP contribution in [0.15, 0.2) is 42.0 Å². The molecule has 0 bridgehead atoms. The Morgan fingerprint density at radius 3 is 3.08 bits per heavy atom. The monoisotopic (exact) mass is 354 g/mol. The van der Waals surface area contributed by atoms with Crippen LogP contribution in [0.5, 0.6) is 0 Å². The number of likely N-dealkylation sites (tertiary alicyclic amines) is 1. The summed E-state index contributed by atoms with van der Waals surface area (Å²) >= 11 is 1.39. The maximum atomic E-state index is 12.8. The number of carbonyl (C=O) groups excluding carboxylic acids is 2. The van der Waals surface area contributed by atoms with Gasteiger partial charge in [-0.2, -0.15) is 0 Å². The van der Waals surface area contributed by atoms with E-state index in [-0.39, 0.29) is 17.7 Å². The third-order valence-corrected chi connectivity index (χ3v) is 5.23. The van der Waals surface area contributed by atoms with Gasteiger partial charge < -0.3 is 15.2 Å². The normalized spacial score (nSPS) is 17.6. The number of nitrogens with one attached hydrogen (secondary N) is 2. The van der Waals surface area contributed by atoms with E-state index in [9.17, 15) is 9.59 Å². The molecule has 2 N–H and O–H groups in total. The molecule has 25 heavy (non-hydrogen) atoms. The van der Waals surface area contributed by atoms with Crippen molar-refractivity contribution in [2.75, 3.05) is 18.4 Å². The van der Waals surface area contributed by atoms with Crippen LogP contribution in [0.3, 0.4) is 0 Å². The van der Waals surface area contributed by atoms with Crippen LogP contribution >= 0.6 is 11.3 Å². The molecule has 0 saturated carbocycles. The van der Waals surface area contributed by atoms with E-state index in [1.807, 2.05) is 35.8 Å². The first kappa shape index (κ1) is 15.8. The Morgan fingerprint density at radius 1 is 1.32 bits per heavy atom. The lowest BCUT2D eigenvalue weighted by Gasteiger charge is -2.32. The highest BCUT2D eigenvalue weighted by Gasteiger charge is 2.29. The molecule has 0 aliphatic carbocycles. The second-order valence-electron chi connectivity index (χ2n) is 6.20. The molecule has 128 valence electrons. The molecule has 2 amide bonds. The van der Waals surface area contributed by atoms with Gasteiger partial charge in [0.05, 0.1) is 5.92 Å². The third kappa shape index (κ3) is 3.28. The van der Waals surface area contributed by atoms with E-state index in [0.29, 0.717) is 23.8 Å². The van der Waals surface area contributed by atoms with Crippen molar-refractivity contribution in [1.82, 2.24) is 14.9 Å². The van der Waals surface area contributed by atoms with Crippen molar-refractivity contribution >= 4 is 39.2 Å². The highest BCUT2D eigenvalue weighted by Crippen LogP contribution is 2.22. The van der Waals surface area contributed by atoms with Crippen LogP contribution in [0.1, 0.15) is 23.2 Å². The van der Waals surface area contributed by atoms with E-state index in [0.717, 1.165) is 23.7 Å². The zero-order valence-corrected chi connectivity index (χ0v) is 14.4. The molecule has 1 unspecified atom stereocenters. The zero-order valence-electron chi connectivity index (χ0n) is 13.6. The molecule has 2 aromatic heterocycles. The van der Waals surface area contributed by atoms with E-state index >= 15 is 0 Å². The van der Waals surface area contributed by atoms with E-state index < -0.39 is 0 Å². The van der Waals surface area contributed by atoms with Crippen LogP contribution < -0.4 is 5.32 Å². The molecule has 1 aromatic carbocycles. The predicted octanol–water partition coefficient (Wildman–Crippen LogP) is 3.12. The quantitative estimate of drug-likeness (QED) is 0.758. The van der Waals surface area contributed by atoms with Gasteiger partial charge in [-0.3, -0.25) is 9.59 Å². The average molecular weight is 354 g/mol. The number of thiazole rings is 1. The smallest absolute Gasteiger partial charge is 0.253 e. The zero-order chi connectivity index (χ0) is 17.2. The van der Waals surface area contributed by atoms with Crippen molar-refractivity contribution in [2.45, 2.75) is 12.8 Å². The molecule has 1 fully saturated rings. The van der Waals surface area contributed by atoms with Crippen molar-refractivity contribution in [3.05, 3.63) is 47.6 Å². The Kier molecular flexibility index (Phi) is 4.23. The first-order valence-electron chi connectivity index (χ1n) is 8.27. The minimum absolute atomic E-state index is 0.0187. The van der Waals surface area contributed by atoms with E-state index in [1.54, 1.807) is 11.1 Å². The van der Waals surface area contributed by atoms with Crippen molar-refractivity contribution < 1.29 is 9.59 Å². The summed E-state index contributed by atoms with van der Waals surface area (Å²) in [5.41, 5.74) is 1.67. The average Bonchev–Trinajstić information content (AvgIpc) is 3.32. The standard InChI is InChI=1S/C18H18N4O2S/c23-16(21-18-20-7-9-25-18)14-2-1-8-22(11-14)17(24)13-3-4-15-12(10-13)5-6-19-15/h3-7,9-10,14,19H,1-2,8,11H2,(H,20,21,23). The topological polar surface area (TPSA) is 78.1 Å². The maximum Gasteiger partial charge on any atom is 0.253 e. The van der Waals surface area contributed by atoms with Gasteiger partial charge in [-0.1, -0.05) is 0 Å². The molecule has 1 atom stereocenters. The third-order valence-electron chi connectivity index (χ3n) is 4.54. The summed E-state index contributed by atoms with van der Waals surface area (Å²) in [6.07, 6.45) is 5.14. The number of hydrogen-bond donors (Lipinski definition) is 2. The van der Waals surface area contributed by atoms with Gasteiger partial charge in [-0.25, -0.2) is 4.98 Å². The second kappa shape index (κ2) is 6.68. The molecule has 6 nitrogen and oxygen atoms in total. The number of aromatic nitrogens is 2. The number of fused-ring (bicyclic) bond motifs is 1. The summed E-state index contributed by atoms with van der Waals surface area (Å²) in [6, 6.07) is 7.60. The number of piperidine rings is 1. The molecule has 0 spiro atoms. The van der Waals surface area contributed by atoms with E-state index in [1.165, 1.54) is 11.3 Å². The first-order chi connectivity index (χ1) is 12.2. The van der Waals surface area contributed by atoms with E-state index in [4.69, 9.17) is 0 Å². The van der Waals surface area contributed by atoms with Gasteiger partial charge in [0.2, 0.25) is 5.91 Å². The van der Waals surface area contributed by atoms with Gasteiger partial charge in [-0.15, -0.1) is 11.3 Å². The minimum Gasteiger partial charge on any atom is -0.361 e. The van der Waals surface area contributed by atoms with Crippen LogP contribution in [0.2, 0.25) is 0 Å². The number of rotatable bonds is 3. The first-order valence-corrected chi connectivity index (χ1v) is 9.15. The molecule has 1 saturated heterocycles. The number of aromatic amines is 1. The van der Waals surface area contributed by atoms with Crippen molar-refractivity contribution in [2.24, 2.45) is 5.92 Å². The van der Waals surface area contributed by atoms with E-state index in [2.05, 4.69) is 15.3 Å². The SMILES string of the molecule is O=C(Nc1nccs1)C1CCCN(C(=O)c2ccc3[nH]ccc3c2)C1. The fraction of sp³-hybridized carbons (Fsp3) is 0.278. The van der Waals surface area contributed by atoms with Crippen LogP contribution in [0.4, 0.5) is 5.13 Å². The number of amides is 2. The van der Waals surface area contributed by atoms with Gasteiger partial charge in [0.15, 0.2) is 5.13 Å². The summed E-state index contributed by atoms with van der Waals surface area (Å²) in [5.74, 6) is -0.277.